The molecule has 0 aliphatic carbocycles. The molecule has 6 nitrogen and oxygen atoms in total. The third-order valence-electron chi connectivity index (χ3n) is 4.46. The maximum absolute atomic E-state index is 13.2. The fraction of sp³-hybridized carbons (Fsp3) is 0.200. The van der Waals surface area contributed by atoms with E-state index in [4.69, 9.17) is 33.3 Å². The number of anilines is 1. The fourth-order valence-corrected chi connectivity index (χ4v) is 3.60. The van der Waals surface area contributed by atoms with Crippen molar-refractivity contribution in [1.82, 2.24) is 10.6 Å². The summed E-state index contributed by atoms with van der Waals surface area (Å²) in [5, 5.41) is 9.89. The first-order chi connectivity index (χ1) is 13.4. The molecule has 2 atom stereocenters. The fourth-order valence-electron chi connectivity index (χ4n) is 3.09. The Bertz CT molecular complexity index is 935. The van der Waals surface area contributed by atoms with Gasteiger partial charge in [0.05, 0.1) is 25.9 Å². The van der Waals surface area contributed by atoms with Gasteiger partial charge in [-0.3, -0.25) is 4.79 Å². The minimum atomic E-state index is -0.654. The second-order valence-corrected chi connectivity index (χ2v) is 6.97. The monoisotopic (exact) mass is 417 g/mol. The minimum absolute atomic E-state index is 0.277. The summed E-state index contributed by atoms with van der Waals surface area (Å²) in [7, 11) is 3.09. The molecule has 0 bridgehead atoms. The van der Waals surface area contributed by atoms with Crippen molar-refractivity contribution < 1.29 is 14.3 Å². The highest BCUT2D eigenvalue weighted by Gasteiger charge is 2.37. The van der Waals surface area contributed by atoms with E-state index in [0.29, 0.717) is 33.0 Å². The van der Waals surface area contributed by atoms with Gasteiger partial charge in [0.2, 0.25) is 5.91 Å². The lowest BCUT2D eigenvalue weighted by Crippen LogP contribution is -2.51. The molecule has 0 unspecified atom stereocenters. The van der Waals surface area contributed by atoms with Gasteiger partial charge in [-0.15, -0.1) is 0 Å². The van der Waals surface area contributed by atoms with Crippen molar-refractivity contribution in [2.45, 2.75) is 6.04 Å². The summed E-state index contributed by atoms with van der Waals surface area (Å²) in [6.07, 6.45) is 0. The number of hydrogen-bond donors (Lipinski definition) is 3. The first-order valence-electron chi connectivity index (χ1n) is 8.48. The highest BCUT2D eigenvalue weighted by molar-refractivity contribution is 7.80. The van der Waals surface area contributed by atoms with E-state index in [-0.39, 0.29) is 5.91 Å². The van der Waals surface area contributed by atoms with Crippen LogP contribution in [0.25, 0.3) is 0 Å². The smallest absolute Gasteiger partial charge is 0.235 e. The van der Waals surface area contributed by atoms with Crippen molar-refractivity contribution in [2.75, 3.05) is 19.5 Å². The van der Waals surface area contributed by atoms with Gasteiger partial charge in [-0.05, 0) is 36.0 Å². The molecule has 0 saturated carbocycles. The Morgan fingerprint density at radius 2 is 1.96 bits per heavy atom. The van der Waals surface area contributed by atoms with Gasteiger partial charge in [0.1, 0.15) is 17.4 Å². The third kappa shape index (κ3) is 4.05. The molecule has 3 N–H and O–H groups in total. The van der Waals surface area contributed by atoms with Gasteiger partial charge in [0.25, 0.3) is 0 Å². The molecular weight excluding hydrogens is 398 g/mol. The molecular formula is C20H20ClN3O3S. The molecule has 1 aliphatic heterocycles. The Morgan fingerprint density at radius 3 is 2.64 bits per heavy atom. The van der Waals surface area contributed by atoms with Crippen LogP contribution in [0, 0.1) is 5.92 Å². The van der Waals surface area contributed by atoms with Crippen LogP contribution in [0.1, 0.15) is 11.6 Å². The number of amides is 1. The second-order valence-electron chi connectivity index (χ2n) is 6.16. The number of carbonyl (C=O) groups excluding carboxylic acids is 1. The molecule has 0 radical (unpaired) electrons. The van der Waals surface area contributed by atoms with Crippen LogP contribution in [-0.4, -0.2) is 25.2 Å². The van der Waals surface area contributed by atoms with Crippen molar-refractivity contribution in [1.29, 1.82) is 0 Å². The molecule has 28 heavy (non-hydrogen) atoms. The predicted octanol–water partition coefficient (Wildman–Crippen LogP) is 3.64. The van der Waals surface area contributed by atoms with E-state index in [0.717, 1.165) is 5.56 Å². The van der Waals surface area contributed by atoms with E-state index in [2.05, 4.69) is 22.5 Å². The van der Waals surface area contributed by atoms with E-state index in [1.807, 2.05) is 18.2 Å². The van der Waals surface area contributed by atoms with Crippen LogP contribution in [0.2, 0.25) is 5.02 Å². The Labute approximate surface area is 173 Å². The second kappa shape index (κ2) is 8.50. The minimum Gasteiger partial charge on any atom is -0.497 e. The molecule has 146 valence electrons. The van der Waals surface area contributed by atoms with E-state index >= 15 is 0 Å². The third-order valence-corrected chi connectivity index (χ3v) is 5.02. The van der Waals surface area contributed by atoms with Crippen molar-refractivity contribution in [3.63, 3.8) is 0 Å². The van der Waals surface area contributed by atoms with Crippen LogP contribution in [0.3, 0.4) is 0 Å². The van der Waals surface area contributed by atoms with Crippen LogP contribution >= 0.6 is 23.8 Å². The molecule has 1 heterocycles. The zero-order valence-electron chi connectivity index (χ0n) is 15.4. The molecule has 1 amide bonds. The summed E-state index contributed by atoms with van der Waals surface area (Å²) >= 11 is 11.6. The summed E-state index contributed by atoms with van der Waals surface area (Å²) in [6, 6.07) is 12.0. The lowest BCUT2D eigenvalue weighted by atomic mass is 9.88. The molecule has 1 fully saturated rings. The average molecular weight is 418 g/mol. The first kappa shape index (κ1) is 20.0. The molecule has 1 saturated heterocycles. The molecule has 0 spiro atoms. The zero-order chi connectivity index (χ0) is 20.3. The molecule has 2 aromatic rings. The largest absolute Gasteiger partial charge is 0.497 e. The highest BCUT2D eigenvalue weighted by Crippen LogP contribution is 2.35. The number of nitrogens with one attached hydrogen (secondary N) is 3. The van der Waals surface area contributed by atoms with Gasteiger partial charge in [-0.1, -0.05) is 36.4 Å². The van der Waals surface area contributed by atoms with E-state index < -0.39 is 12.0 Å². The number of thiocarbonyl (C=S) groups is 1. The van der Waals surface area contributed by atoms with Gasteiger partial charge < -0.3 is 25.4 Å². The summed E-state index contributed by atoms with van der Waals surface area (Å²) in [6.45, 7) is 3.99. The van der Waals surface area contributed by atoms with E-state index in [1.54, 1.807) is 31.4 Å². The lowest BCUT2D eigenvalue weighted by Gasteiger charge is -2.35. The summed E-state index contributed by atoms with van der Waals surface area (Å²) in [5.41, 5.74) is 1.77. The number of rotatable bonds is 5. The number of benzene rings is 2. The molecule has 1 aliphatic rings. The van der Waals surface area contributed by atoms with Crippen molar-refractivity contribution >= 4 is 40.5 Å². The number of methoxy groups -OCH3 is 2. The lowest BCUT2D eigenvalue weighted by molar-refractivity contribution is -0.119. The first-order valence-corrected chi connectivity index (χ1v) is 9.27. The highest BCUT2D eigenvalue weighted by atomic mass is 35.5. The van der Waals surface area contributed by atoms with Crippen LogP contribution < -0.4 is 25.4 Å². The number of carbonyl (C=O) groups is 1. The molecule has 3 rings (SSSR count). The SMILES string of the molecule is C=C1NC(=S)N[C@@H](c2ccccc2Cl)[C@@H]1C(=O)Nc1ccc(OC)cc1OC. The van der Waals surface area contributed by atoms with Crippen molar-refractivity contribution in [3.05, 3.63) is 65.3 Å². The van der Waals surface area contributed by atoms with Crippen LogP contribution in [0.5, 0.6) is 11.5 Å². The van der Waals surface area contributed by atoms with Crippen LogP contribution in [0.4, 0.5) is 5.69 Å². The van der Waals surface area contributed by atoms with Gasteiger partial charge in [0.15, 0.2) is 5.11 Å². The van der Waals surface area contributed by atoms with Crippen LogP contribution in [-0.2, 0) is 4.79 Å². The van der Waals surface area contributed by atoms with Crippen molar-refractivity contribution in [3.8, 4) is 11.5 Å². The Morgan fingerprint density at radius 1 is 1.21 bits per heavy atom. The number of ether oxygens (including phenoxy) is 2. The Kier molecular flexibility index (Phi) is 6.06. The van der Waals surface area contributed by atoms with Gasteiger partial charge in [-0.25, -0.2) is 0 Å². The molecule has 0 aromatic heterocycles. The maximum Gasteiger partial charge on any atom is 0.235 e. The predicted molar refractivity (Wildman–Crippen MR) is 114 cm³/mol. The quantitative estimate of drug-likeness (QED) is 0.645. The van der Waals surface area contributed by atoms with E-state index in [1.165, 1.54) is 7.11 Å². The topological polar surface area (TPSA) is 71.6 Å². The average Bonchev–Trinajstić information content (AvgIpc) is 2.67. The van der Waals surface area contributed by atoms with Gasteiger partial charge >= 0.3 is 0 Å². The van der Waals surface area contributed by atoms with Crippen LogP contribution in [0.15, 0.2) is 54.7 Å². The Balaban J connectivity index is 1.93. The number of halogens is 1. The van der Waals surface area contributed by atoms with Gasteiger partial charge in [0, 0.05) is 16.8 Å². The van der Waals surface area contributed by atoms with Gasteiger partial charge in [-0.2, -0.15) is 0 Å². The molecule has 8 heteroatoms. The Hall–Kier alpha value is -2.77. The standard InChI is InChI=1S/C20H20ClN3O3S/c1-11-17(18(24-20(28)22-11)13-6-4-5-7-14(13)21)19(25)23-15-9-8-12(26-2)10-16(15)27-3/h4-10,17-18H,1H2,2-3H3,(H,23,25)(H2,22,24,28)/t17-,18+/m1/s1. The normalized spacial score (nSPS) is 18.7. The maximum atomic E-state index is 13.2. The zero-order valence-corrected chi connectivity index (χ0v) is 17.0. The van der Waals surface area contributed by atoms with Crippen molar-refractivity contribution in [2.24, 2.45) is 5.92 Å². The summed E-state index contributed by atoms with van der Waals surface area (Å²) in [4.78, 5) is 13.2. The van der Waals surface area contributed by atoms with E-state index in [9.17, 15) is 4.79 Å². The molecule has 2 aromatic carbocycles. The summed E-state index contributed by atoms with van der Waals surface area (Å²) in [5.74, 6) is 0.179. The number of hydrogen-bond acceptors (Lipinski definition) is 4. The summed E-state index contributed by atoms with van der Waals surface area (Å²) < 4.78 is 10.6.